The normalized spacial score (nSPS) is 14.6. The second kappa shape index (κ2) is 8.98. The summed E-state index contributed by atoms with van der Waals surface area (Å²) in [4.78, 5) is 1.24. The van der Waals surface area contributed by atoms with Gasteiger partial charge in [0, 0.05) is 11.1 Å². The Morgan fingerprint density at radius 1 is 1.33 bits per heavy atom. The van der Waals surface area contributed by atoms with Crippen molar-refractivity contribution in [3.63, 3.8) is 0 Å². The van der Waals surface area contributed by atoms with Gasteiger partial charge >= 0.3 is 0 Å². The van der Waals surface area contributed by atoms with E-state index in [2.05, 4.69) is 31.9 Å². The van der Waals surface area contributed by atoms with Gasteiger partial charge in [-0.25, -0.2) is 4.39 Å². The van der Waals surface area contributed by atoms with Gasteiger partial charge in [-0.3, -0.25) is 4.68 Å². The largest absolute Gasteiger partial charge is 0.486 e. The molecule has 3 heterocycles. The molecular weight excluding hydrogens is 391 g/mol. The minimum Gasteiger partial charge on any atom is -0.486 e. The zero-order valence-corrected chi connectivity index (χ0v) is 16.2. The number of nitrogens with one attached hydrogen (secondary N) is 1. The highest BCUT2D eigenvalue weighted by Crippen LogP contribution is 2.26. The standard InChI is InChI=1S/C19H21FN8O2/c20-16-9-13(19-24-26-27(25-19)7-8-29)1-2-18(16)30-12-14-11-23-28(17(14)10-21)15-3-5-22-6-4-15/h1-2,9,11,15,22,29H,3-8,12H2. The number of halogens is 1. The molecule has 1 saturated heterocycles. The summed E-state index contributed by atoms with van der Waals surface area (Å²) >= 11 is 0. The predicted molar refractivity (Wildman–Crippen MR) is 103 cm³/mol. The Balaban J connectivity index is 1.46. The first-order valence-electron chi connectivity index (χ1n) is 9.68. The predicted octanol–water partition coefficient (Wildman–Crippen LogP) is 1.04. The van der Waals surface area contributed by atoms with Gasteiger partial charge in [0.15, 0.2) is 11.6 Å². The van der Waals surface area contributed by atoms with Crippen LogP contribution in [0.25, 0.3) is 11.4 Å². The zero-order chi connectivity index (χ0) is 20.9. The molecular formula is C19H21FN8O2. The minimum absolute atomic E-state index is 0.0368. The molecule has 0 unspecified atom stereocenters. The Morgan fingerprint density at radius 2 is 2.17 bits per heavy atom. The fourth-order valence-corrected chi connectivity index (χ4v) is 3.41. The van der Waals surface area contributed by atoms with Crippen LogP contribution in [-0.2, 0) is 13.2 Å². The number of nitriles is 1. The van der Waals surface area contributed by atoms with Crippen molar-refractivity contribution in [2.24, 2.45) is 0 Å². The summed E-state index contributed by atoms with van der Waals surface area (Å²) in [5.41, 5.74) is 1.51. The van der Waals surface area contributed by atoms with Crippen LogP contribution in [0.1, 0.15) is 30.1 Å². The molecule has 0 amide bonds. The SMILES string of the molecule is N#Cc1c(COc2ccc(-c3nnn(CCO)n3)cc2F)cnn1C1CCNCC1. The van der Waals surface area contributed by atoms with Crippen LogP contribution >= 0.6 is 0 Å². The van der Waals surface area contributed by atoms with E-state index in [4.69, 9.17) is 9.84 Å². The average molecular weight is 412 g/mol. The molecule has 0 atom stereocenters. The van der Waals surface area contributed by atoms with E-state index in [1.54, 1.807) is 16.9 Å². The summed E-state index contributed by atoms with van der Waals surface area (Å²) in [5.74, 6) is -0.265. The van der Waals surface area contributed by atoms with Gasteiger partial charge in [-0.2, -0.15) is 15.2 Å². The highest BCUT2D eigenvalue weighted by Gasteiger charge is 2.21. The first kappa shape index (κ1) is 19.9. The van der Waals surface area contributed by atoms with Crippen LogP contribution in [0.2, 0.25) is 0 Å². The van der Waals surface area contributed by atoms with Crippen molar-refractivity contribution in [1.29, 1.82) is 5.26 Å². The van der Waals surface area contributed by atoms with Gasteiger partial charge in [0.05, 0.1) is 25.4 Å². The lowest BCUT2D eigenvalue weighted by Crippen LogP contribution is -2.30. The van der Waals surface area contributed by atoms with Gasteiger partial charge in [0.25, 0.3) is 0 Å². The molecule has 10 nitrogen and oxygen atoms in total. The quantitative estimate of drug-likeness (QED) is 0.589. The maximum absolute atomic E-state index is 14.5. The minimum atomic E-state index is -0.574. The number of piperidine rings is 1. The van der Waals surface area contributed by atoms with Crippen LogP contribution in [0, 0.1) is 17.1 Å². The lowest BCUT2D eigenvalue weighted by Gasteiger charge is -2.23. The van der Waals surface area contributed by atoms with Gasteiger partial charge in [-0.05, 0) is 49.3 Å². The van der Waals surface area contributed by atoms with E-state index in [0.29, 0.717) is 16.8 Å². The van der Waals surface area contributed by atoms with Crippen molar-refractivity contribution in [2.45, 2.75) is 32.0 Å². The summed E-state index contributed by atoms with van der Waals surface area (Å²) in [6.07, 6.45) is 3.42. The maximum Gasteiger partial charge on any atom is 0.205 e. The molecule has 0 radical (unpaired) electrons. The second-order valence-electron chi connectivity index (χ2n) is 6.92. The lowest BCUT2D eigenvalue weighted by atomic mass is 10.1. The molecule has 2 N–H and O–H groups in total. The van der Waals surface area contributed by atoms with E-state index in [1.165, 1.54) is 16.9 Å². The Bertz CT molecular complexity index is 1050. The molecule has 1 fully saturated rings. The Kier molecular flexibility index (Phi) is 5.97. The van der Waals surface area contributed by atoms with Crippen LogP contribution in [0.3, 0.4) is 0 Å². The topological polar surface area (TPSA) is 127 Å². The van der Waals surface area contributed by atoms with Gasteiger partial charge in [0.1, 0.15) is 18.4 Å². The molecule has 0 bridgehead atoms. The third-order valence-corrected chi connectivity index (χ3v) is 4.96. The fraction of sp³-hybridized carbons (Fsp3) is 0.421. The molecule has 3 aromatic rings. The van der Waals surface area contributed by atoms with Crippen molar-refractivity contribution in [3.05, 3.63) is 41.5 Å². The van der Waals surface area contributed by atoms with Crippen molar-refractivity contribution >= 4 is 0 Å². The Hall–Kier alpha value is -3.36. The molecule has 1 aliphatic heterocycles. The molecule has 0 saturated carbocycles. The first-order chi connectivity index (χ1) is 14.7. The van der Waals surface area contributed by atoms with Crippen molar-refractivity contribution < 1.29 is 14.2 Å². The molecule has 0 spiro atoms. The molecule has 1 aromatic carbocycles. The van der Waals surface area contributed by atoms with E-state index in [9.17, 15) is 9.65 Å². The van der Waals surface area contributed by atoms with Crippen LogP contribution in [0.15, 0.2) is 24.4 Å². The summed E-state index contributed by atoms with van der Waals surface area (Å²) in [6, 6.07) is 6.75. The van der Waals surface area contributed by atoms with E-state index < -0.39 is 5.82 Å². The lowest BCUT2D eigenvalue weighted by molar-refractivity contribution is 0.259. The number of aromatic nitrogens is 6. The molecule has 11 heteroatoms. The number of benzene rings is 1. The van der Waals surface area contributed by atoms with Gasteiger partial charge in [-0.15, -0.1) is 10.2 Å². The number of hydrogen-bond acceptors (Lipinski definition) is 8. The van der Waals surface area contributed by atoms with Crippen LogP contribution in [0.5, 0.6) is 5.75 Å². The number of rotatable bonds is 7. The first-order valence-corrected chi connectivity index (χ1v) is 9.68. The van der Waals surface area contributed by atoms with E-state index >= 15 is 0 Å². The van der Waals surface area contributed by atoms with Gasteiger partial charge < -0.3 is 15.2 Å². The second-order valence-corrected chi connectivity index (χ2v) is 6.92. The fourth-order valence-electron chi connectivity index (χ4n) is 3.41. The highest BCUT2D eigenvalue weighted by molar-refractivity contribution is 5.55. The van der Waals surface area contributed by atoms with Crippen LogP contribution < -0.4 is 10.1 Å². The number of hydrogen-bond donors (Lipinski definition) is 2. The molecule has 2 aromatic heterocycles. The molecule has 0 aliphatic carbocycles. The summed E-state index contributed by atoms with van der Waals surface area (Å²) in [7, 11) is 0. The Labute approximate surface area is 171 Å². The number of nitrogens with zero attached hydrogens (tertiary/aromatic N) is 7. The third-order valence-electron chi connectivity index (χ3n) is 4.96. The highest BCUT2D eigenvalue weighted by atomic mass is 19.1. The number of aliphatic hydroxyl groups excluding tert-OH is 1. The van der Waals surface area contributed by atoms with E-state index in [-0.39, 0.29) is 37.4 Å². The molecule has 156 valence electrons. The summed E-state index contributed by atoms with van der Waals surface area (Å²) in [6.45, 7) is 1.91. The molecule has 1 aliphatic rings. The molecule has 4 rings (SSSR count). The van der Waals surface area contributed by atoms with Crippen molar-refractivity contribution in [2.75, 3.05) is 19.7 Å². The summed E-state index contributed by atoms with van der Waals surface area (Å²) < 4.78 is 21.9. The number of ether oxygens (including phenoxy) is 1. The van der Waals surface area contributed by atoms with Crippen molar-refractivity contribution in [3.8, 4) is 23.2 Å². The summed E-state index contributed by atoms with van der Waals surface area (Å²) in [5, 5.41) is 37.9. The number of tetrazole rings is 1. The van der Waals surface area contributed by atoms with Gasteiger partial charge in [0.2, 0.25) is 5.82 Å². The smallest absolute Gasteiger partial charge is 0.205 e. The van der Waals surface area contributed by atoms with Gasteiger partial charge in [-0.1, -0.05) is 0 Å². The molecule has 30 heavy (non-hydrogen) atoms. The monoisotopic (exact) mass is 412 g/mol. The van der Waals surface area contributed by atoms with E-state index in [0.717, 1.165) is 25.9 Å². The van der Waals surface area contributed by atoms with Crippen molar-refractivity contribution in [1.82, 2.24) is 35.3 Å². The maximum atomic E-state index is 14.5. The van der Waals surface area contributed by atoms with E-state index in [1.807, 2.05) is 0 Å². The van der Waals surface area contributed by atoms with Crippen LogP contribution in [-0.4, -0.2) is 54.8 Å². The number of aliphatic hydroxyl groups is 1. The van der Waals surface area contributed by atoms with Crippen LogP contribution in [0.4, 0.5) is 4.39 Å². The average Bonchev–Trinajstić information content (AvgIpc) is 3.40. The third kappa shape index (κ3) is 4.14. The Morgan fingerprint density at radius 3 is 2.90 bits per heavy atom. The zero-order valence-electron chi connectivity index (χ0n) is 16.2.